The molecule has 2 aromatic rings. The van der Waals surface area contributed by atoms with Crippen LogP contribution in [0.4, 0.5) is 0 Å². The minimum Gasteiger partial charge on any atom is -0.462 e. The lowest BCUT2D eigenvalue weighted by Crippen LogP contribution is -2.50. The smallest absolute Gasteiger partial charge is 0.310 e. The van der Waals surface area contributed by atoms with Crippen molar-refractivity contribution in [2.45, 2.75) is 77.7 Å². The fourth-order valence-electron chi connectivity index (χ4n) is 9.11. The minimum absolute atomic E-state index is 0.0279. The van der Waals surface area contributed by atoms with E-state index in [4.69, 9.17) is 9.72 Å². The third-order valence-electron chi connectivity index (χ3n) is 11.2. The van der Waals surface area contributed by atoms with Crippen LogP contribution < -0.4 is 5.32 Å². The van der Waals surface area contributed by atoms with Gasteiger partial charge >= 0.3 is 5.97 Å². The zero-order chi connectivity index (χ0) is 25.2. The Balaban J connectivity index is 1.09. The highest BCUT2D eigenvalue weighted by Crippen LogP contribution is 2.65. The zero-order valence-electron chi connectivity index (χ0n) is 22.4. The second kappa shape index (κ2) is 8.83. The molecule has 1 N–H and O–H groups in total. The van der Waals surface area contributed by atoms with Gasteiger partial charge in [0.25, 0.3) is 0 Å². The van der Waals surface area contributed by atoms with Gasteiger partial charge in [0.15, 0.2) is 0 Å². The Labute approximate surface area is 220 Å². The molecule has 0 radical (unpaired) electrons. The van der Waals surface area contributed by atoms with Gasteiger partial charge in [0, 0.05) is 24.1 Å². The number of hydrogen-bond donors (Lipinski definition) is 1. The van der Waals surface area contributed by atoms with Crippen molar-refractivity contribution in [3.63, 3.8) is 0 Å². The lowest BCUT2D eigenvalue weighted by atomic mass is 9.47. The number of aromatic nitrogens is 2. The summed E-state index contributed by atoms with van der Waals surface area (Å²) >= 11 is 0. The number of benzene rings is 1. The van der Waals surface area contributed by atoms with Crippen molar-refractivity contribution in [3.05, 3.63) is 48.3 Å². The molecule has 1 saturated heterocycles. The predicted octanol–water partition coefficient (Wildman–Crippen LogP) is 6.36. The first-order valence-electron chi connectivity index (χ1n) is 14.7. The molecule has 5 nitrogen and oxygen atoms in total. The second-order valence-electron chi connectivity index (χ2n) is 13.0. The molecule has 2 saturated carbocycles. The molecule has 1 aliphatic heterocycles. The molecule has 196 valence electrons. The van der Waals surface area contributed by atoms with Gasteiger partial charge in [-0.25, -0.2) is 4.98 Å². The molecule has 0 spiro atoms. The van der Waals surface area contributed by atoms with Gasteiger partial charge in [-0.1, -0.05) is 43.7 Å². The molecule has 37 heavy (non-hydrogen) atoms. The fraction of sp³-hybridized carbons (Fsp3) is 0.625. The Bertz CT molecular complexity index is 1270. The predicted molar refractivity (Wildman–Crippen MR) is 147 cm³/mol. The van der Waals surface area contributed by atoms with Crippen LogP contribution in [0.2, 0.25) is 0 Å². The maximum absolute atomic E-state index is 12.8. The summed E-state index contributed by atoms with van der Waals surface area (Å²) in [4.78, 5) is 17.5. The van der Waals surface area contributed by atoms with Crippen molar-refractivity contribution >= 4 is 22.7 Å². The summed E-state index contributed by atoms with van der Waals surface area (Å²) in [7, 11) is 0. The van der Waals surface area contributed by atoms with Crippen LogP contribution in [0.25, 0.3) is 16.7 Å². The zero-order valence-corrected chi connectivity index (χ0v) is 22.4. The number of hydrogen-bond acceptors (Lipinski definition) is 4. The maximum atomic E-state index is 12.8. The van der Waals surface area contributed by atoms with Crippen LogP contribution in [0, 0.1) is 34.5 Å². The molecule has 0 bridgehead atoms. The van der Waals surface area contributed by atoms with Gasteiger partial charge < -0.3 is 14.6 Å². The highest BCUT2D eigenvalue weighted by Gasteiger charge is 2.57. The number of esters is 1. The summed E-state index contributed by atoms with van der Waals surface area (Å²) < 4.78 is 8.48. The van der Waals surface area contributed by atoms with E-state index in [1.54, 1.807) is 5.57 Å². The quantitative estimate of drug-likeness (QED) is 0.394. The Hall–Kier alpha value is -2.40. The van der Waals surface area contributed by atoms with Crippen LogP contribution in [0.3, 0.4) is 0 Å². The van der Waals surface area contributed by atoms with Crippen LogP contribution in [-0.4, -0.2) is 34.7 Å². The number of fused-ring (bicyclic) bond motifs is 6. The number of rotatable bonds is 3. The molecule has 1 aromatic carbocycles. The van der Waals surface area contributed by atoms with E-state index >= 15 is 0 Å². The highest BCUT2D eigenvalue weighted by atomic mass is 16.5. The summed E-state index contributed by atoms with van der Waals surface area (Å²) in [6, 6.07) is 8.53. The summed E-state index contributed by atoms with van der Waals surface area (Å²) in [6.45, 7) is 6.87. The van der Waals surface area contributed by atoms with E-state index in [0.717, 1.165) is 62.5 Å². The Morgan fingerprint density at radius 1 is 1.05 bits per heavy atom. The Morgan fingerprint density at radius 2 is 1.92 bits per heavy atom. The number of nitrogens with one attached hydrogen (secondary N) is 1. The molecule has 3 fully saturated rings. The number of piperidine rings is 1. The number of imidazole rings is 1. The molecule has 7 atom stereocenters. The molecule has 5 aliphatic rings. The van der Waals surface area contributed by atoms with E-state index in [9.17, 15) is 4.79 Å². The largest absolute Gasteiger partial charge is 0.462 e. The lowest BCUT2D eigenvalue weighted by molar-refractivity contribution is -0.157. The van der Waals surface area contributed by atoms with Crippen LogP contribution in [0.15, 0.2) is 48.3 Å². The first-order chi connectivity index (χ1) is 18.0. The van der Waals surface area contributed by atoms with E-state index in [0.29, 0.717) is 5.92 Å². The molecule has 4 unspecified atom stereocenters. The third-order valence-corrected chi connectivity index (χ3v) is 11.2. The number of carbonyl (C=O) groups excluding carboxylic acids is 1. The van der Waals surface area contributed by atoms with Gasteiger partial charge in [0.2, 0.25) is 0 Å². The number of carbonyl (C=O) groups is 1. The van der Waals surface area contributed by atoms with E-state index in [2.05, 4.69) is 60.1 Å². The van der Waals surface area contributed by atoms with Gasteiger partial charge in [0.1, 0.15) is 12.4 Å². The number of nitrogens with zero attached hydrogens (tertiary/aromatic N) is 2. The van der Waals surface area contributed by atoms with Crippen LogP contribution in [-0.2, 0) is 9.53 Å². The van der Waals surface area contributed by atoms with Gasteiger partial charge in [-0.3, -0.25) is 4.79 Å². The molecular weight excluding hydrogens is 458 g/mol. The second-order valence-corrected chi connectivity index (χ2v) is 13.0. The third kappa shape index (κ3) is 3.67. The topological polar surface area (TPSA) is 56.1 Å². The van der Waals surface area contributed by atoms with Crippen molar-refractivity contribution in [2.24, 2.45) is 34.5 Å². The van der Waals surface area contributed by atoms with Crippen LogP contribution in [0.1, 0.15) is 71.6 Å². The standard InChI is InChI=1S/C32H41N3O2/c1-31-15-13-23(37-30(36)21-6-5-17-33-19-21)18-22(31)9-10-24-25-11-12-29(32(25,2)16-14-26(24)31)35-20-34-27-7-3-4-8-28(27)35/h3-4,7-9,12,20-21,23-26,33H,5-6,10-11,13-19H2,1-2H3/t21?,23-,24?,25?,26?,31-,32-/m0/s1. The van der Waals surface area contributed by atoms with Gasteiger partial charge in [0.05, 0.1) is 17.0 Å². The summed E-state index contributed by atoms with van der Waals surface area (Å²) in [6.07, 6.45) is 17.2. The molecule has 2 heterocycles. The average Bonchev–Trinajstić information content (AvgIpc) is 3.49. The summed E-state index contributed by atoms with van der Waals surface area (Å²) in [5, 5.41) is 3.36. The fourth-order valence-corrected chi connectivity index (χ4v) is 9.11. The normalized spacial score (nSPS) is 39.2. The van der Waals surface area contributed by atoms with Crippen molar-refractivity contribution in [1.29, 1.82) is 0 Å². The Morgan fingerprint density at radius 3 is 2.78 bits per heavy atom. The van der Waals surface area contributed by atoms with Crippen molar-refractivity contribution in [1.82, 2.24) is 14.9 Å². The van der Waals surface area contributed by atoms with E-state index < -0.39 is 0 Å². The van der Waals surface area contributed by atoms with Crippen molar-refractivity contribution in [2.75, 3.05) is 13.1 Å². The maximum Gasteiger partial charge on any atom is 0.310 e. The van der Waals surface area contributed by atoms with Gasteiger partial charge in [-0.15, -0.1) is 0 Å². The minimum atomic E-state index is 0.0279. The first kappa shape index (κ1) is 23.7. The molecule has 5 heteroatoms. The molecule has 7 rings (SSSR count). The molecule has 4 aliphatic carbocycles. The van der Waals surface area contributed by atoms with Gasteiger partial charge in [-0.05, 0) is 93.2 Å². The van der Waals surface area contributed by atoms with E-state index in [1.807, 2.05) is 6.33 Å². The average molecular weight is 500 g/mol. The van der Waals surface area contributed by atoms with Crippen molar-refractivity contribution < 1.29 is 9.53 Å². The molecule has 0 amide bonds. The van der Waals surface area contributed by atoms with E-state index in [1.165, 1.54) is 36.9 Å². The first-order valence-corrected chi connectivity index (χ1v) is 14.7. The lowest BCUT2D eigenvalue weighted by Gasteiger charge is -2.57. The molecular formula is C32H41N3O2. The number of ether oxygens (including phenoxy) is 1. The van der Waals surface area contributed by atoms with Crippen molar-refractivity contribution in [3.8, 4) is 0 Å². The Kier molecular flexibility index (Phi) is 5.65. The number of para-hydroxylation sites is 2. The van der Waals surface area contributed by atoms with Crippen LogP contribution >= 0.6 is 0 Å². The molecule has 1 aromatic heterocycles. The highest BCUT2D eigenvalue weighted by molar-refractivity contribution is 5.80. The van der Waals surface area contributed by atoms with E-state index in [-0.39, 0.29) is 28.8 Å². The SMILES string of the molecule is C[C@]12CC[C@H](OC(=O)C3CCCNC3)CC1=CCC1C2CC[C@]2(C)C(n3cnc4ccccc43)=CCC12. The number of allylic oxidation sites excluding steroid dienone is 3. The monoisotopic (exact) mass is 499 g/mol. The summed E-state index contributed by atoms with van der Waals surface area (Å²) in [5.74, 6) is 2.21. The van der Waals surface area contributed by atoms with Crippen LogP contribution in [0.5, 0.6) is 0 Å². The van der Waals surface area contributed by atoms with Gasteiger partial charge in [-0.2, -0.15) is 0 Å². The summed E-state index contributed by atoms with van der Waals surface area (Å²) in [5.41, 5.74) is 5.82.